The number of unbranched alkanes of at least 4 members (excludes halogenated alkanes) is 26. The summed E-state index contributed by atoms with van der Waals surface area (Å²) in [6, 6.07) is 0. The van der Waals surface area contributed by atoms with Gasteiger partial charge in [0.1, 0.15) is 12.2 Å². The summed E-state index contributed by atoms with van der Waals surface area (Å²) in [6.07, 6.45) is 49.6. The van der Waals surface area contributed by atoms with Crippen LogP contribution in [0.4, 0.5) is 0 Å². The third-order valence-corrected chi connectivity index (χ3v) is 11.2. The standard InChI is InChI=1S/C48H91O9P/c1-3-5-7-9-11-13-15-17-19-21-22-23-24-25-26-28-30-32-34-36-38-40-48(51)57-47(45-56-58(52,53)55-43-46(50)42-49)44-54-41-39-37-35-33-31-29-27-20-18-16-14-12-10-8-6-4-2/h12,14,18,20-22,46-47,49-50H,3-11,13,15-17,19,23-45H2,1-2H3,(H,52,53)/b14-12-,20-18-,22-21-. The molecule has 10 heteroatoms. The summed E-state index contributed by atoms with van der Waals surface area (Å²) in [5, 5.41) is 18.4. The van der Waals surface area contributed by atoms with Crippen LogP contribution in [0.25, 0.3) is 0 Å². The van der Waals surface area contributed by atoms with Gasteiger partial charge in [0.15, 0.2) is 0 Å². The number of ether oxygens (including phenoxy) is 2. The Balaban J connectivity index is 4.11. The minimum Gasteiger partial charge on any atom is -0.457 e. The lowest BCUT2D eigenvalue weighted by molar-refractivity contribution is -0.154. The van der Waals surface area contributed by atoms with Gasteiger partial charge in [-0.3, -0.25) is 13.8 Å². The first-order chi connectivity index (χ1) is 28.3. The van der Waals surface area contributed by atoms with E-state index < -0.39 is 33.2 Å². The molecule has 0 aromatic heterocycles. The van der Waals surface area contributed by atoms with Crippen molar-refractivity contribution in [2.45, 2.75) is 232 Å². The van der Waals surface area contributed by atoms with Gasteiger partial charge in [0.25, 0.3) is 0 Å². The number of carbonyl (C=O) groups excluding carboxylic acids is 1. The Morgan fingerprint density at radius 3 is 1.43 bits per heavy atom. The van der Waals surface area contributed by atoms with Crippen LogP contribution in [0.2, 0.25) is 0 Å². The molecular weight excluding hydrogens is 751 g/mol. The van der Waals surface area contributed by atoms with Crippen molar-refractivity contribution >= 4 is 13.8 Å². The van der Waals surface area contributed by atoms with E-state index in [9.17, 15) is 19.4 Å². The first-order valence-electron chi connectivity index (χ1n) is 24.0. The lowest BCUT2D eigenvalue weighted by Gasteiger charge is -2.20. The first kappa shape index (κ1) is 56.7. The van der Waals surface area contributed by atoms with Crippen LogP contribution in [0.1, 0.15) is 219 Å². The smallest absolute Gasteiger partial charge is 0.457 e. The topological polar surface area (TPSA) is 132 Å². The maximum atomic E-state index is 12.7. The molecule has 0 heterocycles. The molecule has 0 rings (SSSR count). The summed E-state index contributed by atoms with van der Waals surface area (Å²) in [5.74, 6) is -0.387. The number of carbonyl (C=O) groups is 1. The largest absolute Gasteiger partial charge is 0.472 e. The molecule has 0 spiro atoms. The fourth-order valence-electron chi connectivity index (χ4n) is 6.62. The van der Waals surface area contributed by atoms with E-state index in [4.69, 9.17) is 23.6 Å². The van der Waals surface area contributed by atoms with Crippen LogP contribution in [0.15, 0.2) is 36.5 Å². The first-order valence-corrected chi connectivity index (χ1v) is 25.5. The molecule has 58 heavy (non-hydrogen) atoms. The second-order valence-electron chi connectivity index (χ2n) is 16.1. The van der Waals surface area contributed by atoms with Gasteiger partial charge in [-0.05, 0) is 70.6 Å². The SMILES string of the molecule is CCCCC/C=C\C/C=C\CCCCCCCCOCC(COP(=O)(O)OCC(O)CO)OC(=O)CCCCCCCCCCC/C=C\CCCCCCCCCC. The molecule has 0 bridgehead atoms. The lowest BCUT2D eigenvalue weighted by atomic mass is 10.1. The predicted molar refractivity (Wildman–Crippen MR) is 242 cm³/mol. The van der Waals surface area contributed by atoms with Gasteiger partial charge in [0.2, 0.25) is 0 Å². The van der Waals surface area contributed by atoms with E-state index in [0.29, 0.717) is 6.61 Å². The minimum absolute atomic E-state index is 0.0425. The summed E-state index contributed by atoms with van der Waals surface area (Å²) < 4.78 is 33.4. The molecular formula is C48H91O9P. The monoisotopic (exact) mass is 843 g/mol. The molecule has 0 saturated heterocycles. The fraction of sp³-hybridized carbons (Fsp3) is 0.854. The van der Waals surface area contributed by atoms with Gasteiger partial charge in [-0.2, -0.15) is 0 Å². The van der Waals surface area contributed by atoms with Crippen molar-refractivity contribution in [1.29, 1.82) is 0 Å². The number of aliphatic hydroxyl groups is 2. The predicted octanol–water partition coefficient (Wildman–Crippen LogP) is 13.6. The zero-order chi connectivity index (χ0) is 42.5. The van der Waals surface area contributed by atoms with Crippen molar-refractivity contribution in [3.05, 3.63) is 36.5 Å². The minimum atomic E-state index is -4.52. The van der Waals surface area contributed by atoms with E-state index >= 15 is 0 Å². The van der Waals surface area contributed by atoms with Crippen molar-refractivity contribution in [2.24, 2.45) is 0 Å². The Labute approximate surface area is 356 Å². The van der Waals surface area contributed by atoms with Crippen LogP contribution in [-0.2, 0) is 27.9 Å². The average Bonchev–Trinajstić information content (AvgIpc) is 3.21. The van der Waals surface area contributed by atoms with Crippen molar-refractivity contribution in [3.8, 4) is 0 Å². The fourth-order valence-corrected chi connectivity index (χ4v) is 7.41. The molecule has 3 unspecified atom stereocenters. The Kier molecular flexibility index (Phi) is 44.2. The van der Waals surface area contributed by atoms with Gasteiger partial charge in [-0.1, -0.05) is 179 Å². The van der Waals surface area contributed by atoms with Crippen LogP contribution in [-0.4, -0.2) is 66.3 Å². The van der Waals surface area contributed by atoms with E-state index in [0.717, 1.165) is 51.4 Å². The Hall–Kier alpha value is -1.32. The number of allylic oxidation sites excluding steroid dienone is 6. The van der Waals surface area contributed by atoms with Gasteiger partial charge in [-0.15, -0.1) is 0 Å². The lowest BCUT2D eigenvalue weighted by Crippen LogP contribution is -2.29. The Morgan fingerprint density at radius 1 is 0.534 bits per heavy atom. The molecule has 9 nitrogen and oxygen atoms in total. The summed E-state index contributed by atoms with van der Waals surface area (Å²) in [6.45, 7) is 3.49. The Morgan fingerprint density at radius 2 is 0.931 bits per heavy atom. The van der Waals surface area contributed by atoms with E-state index in [1.165, 1.54) is 148 Å². The molecule has 0 aromatic carbocycles. The van der Waals surface area contributed by atoms with Gasteiger partial charge >= 0.3 is 13.8 Å². The van der Waals surface area contributed by atoms with Crippen LogP contribution >= 0.6 is 7.82 Å². The van der Waals surface area contributed by atoms with Gasteiger partial charge in [0.05, 0.1) is 26.4 Å². The van der Waals surface area contributed by atoms with E-state index in [1.807, 2.05) is 0 Å². The number of rotatable bonds is 46. The molecule has 0 amide bonds. The van der Waals surface area contributed by atoms with Gasteiger partial charge in [0, 0.05) is 13.0 Å². The maximum Gasteiger partial charge on any atom is 0.472 e. The molecule has 0 saturated carbocycles. The molecule has 0 radical (unpaired) electrons. The molecule has 3 N–H and O–H groups in total. The average molecular weight is 843 g/mol. The summed E-state index contributed by atoms with van der Waals surface area (Å²) >= 11 is 0. The molecule has 0 aliphatic heterocycles. The van der Waals surface area contributed by atoms with Crippen molar-refractivity contribution in [1.82, 2.24) is 0 Å². The highest BCUT2D eigenvalue weighted by Gasteiger charge is 2.26. The third-order valence-electron chi connectivity index (χ3n) is 10.3. The van der Waals surface area contributed by atoms with E-state index in [-0.39, 0.29) is 25.6 Å². The van der Waals surface area contributed by atoms with Crippen LogP contribution < -0.4 is 0 Å². The number of phosphoric ester groups is 1. The summed E-state index contributed by atoms with van der Waals surface area (Å²) in [5.41, 5.74) is 0. The highest BCUT2D eigenvalue weighted by Crippen LogP contribution is 2.43. The van der Waals surface area contributed by atoms with Crippen LogP contribution in [0, 0.1) is 0 Å². The van der Waals surface area contributed by atoms with Gasteiger partial charge < -0.3 is 24.6 Å². The second-order valence-corrected chi connectivity index (χ2v) is 17.6. The van der Waals surface area contributed by atoms with Crippen LogP contribution in [0.5, 0.6) is 0 Å². The molecule has 0 aromatic rings. The van der Waals surface area contributed by atoms with Crippen molar-refractivity contribution in [2.75, 3.05) is 33.0 Å². The maximum absolute atomic E-state index is 12.7. The van der Waals surface area contributed by atoms with Crippen molar-refractivity contribution < 1.29 is 43.0 Å². The number of esters is 1. The number of phosphoric acid groups is 1. The zero-order valence-electron chi connectivity index (χ0n) is 37.5. The van der Waals surface area contributed by atoms with E-state index in [2.05, 4.69) is 50.3 Å². The highest BCUT2D eigenvalue weighted by atomic mass is 31.2. The summed E-state index contributed by atoms with van der Waals surface area (Å²) in [4.78, 5) is 22.6. The van der Waals surface area contributed by atoms with E-state index in [1.54, 1.807) is 0 Å². The molecule has 0 fully saturated rings. The number of hydrogen-bond acceptors (Lipinski definition) is 8. The highest BCUT2D eigenvalue weighted by molar-refractivity contribution is 7.47. The quantitative estimate of drug-likeness (QED) is 0.0237. The molecule has 0 aliphatic carbocycles. The van der Waals surface area contributed by atoms with Crippen molar-refractivity contribution in [3.63, 3.8) is 0 Å². The Bertz CT molecular complexity index is 1000. The van der Waals surface area contributed by atoms with Gasteiger partial charge in [-0.25, -0.2) is 4.57 Å². The third kappa shape index (κ3) is 44.2. The molecule has 342 valence electrons. The normalized spacial score (nSPS) is 14.2. The molecule has 3 atom stereocenters. The molecule has 0 aliphatic rings. The number of hydrogen-bond donors (Lipinski definition) is 3. The second kappa shape index (κ2) is 45.2. The summed E-state index contributed by atoms with van der Waals surface area (Å²) in [7, 11) is -4.52. The number of aliphatic hydroxyl groups excluding tert-OH is 2. The van der Waals surface area contributed by atoms with Crippen LogP contribution in [0.3, 0.4) is 0 Å². The zero-order valence-corrected chi connectivity index (χ0v) is 38.4.